The van der Waals surface area contributed by atoms with E-state index < -0.39 is 12.1 Å². The highest BCUT2D eigenvalue weighted by molar-refractivity contribution is 5.89. The lowest BCUT2D eigenvalue weighted by molar-refractivity contribution is -0.127. The van der Waals surface area contributed by atoms with Crippen LogP contribution in [0.1, 0.15) is 42.1 Å². The first-order valence-electron chi connectivity index (χ1n) is 8.72. The zero-order valence-corrected chi connectivity index (χ0v) is 15.4. The van der Waals surface area contributed by atoms with Gasteiger partial charge >= 0.3 is 5.97 Å². The molecule has 0 aliphatic carbocycles. The first-order chi connectivity index (χ1) is 12.5. The number of carbonyl (C=O) groups is 2. The topological polar surface area (TPSA) is 64.6 Å². The van der Waals surface area contributed by atoms with Crippen LogP contribution in [0.2, 0.25) is 0 Å². The third kappa shape index (κ3) is 5.34. The second-order valence-electron chi connectivity index (χ2n) is 6.04. The van der Waals surface area contributed by atoms with E-state index in [-0.39, 0.29) is 11.8 Å². The maximum Gasteiger partial charge on any atom is 0.337 e. The number of rotatable bonds is 8. The highest BCUT2D eigenvalue weighted by atomic mass is 16.5. The van der Waals surface area contributed by atoms with Crippen LogP contribution in [0.4, 0.5) is 0 Å². The van der Waals surface area contributed by atoms with Crippen molar-refractivity contribution in [1.29, 1.82) is 0 Å². The van der Waals surface area contributed by atoms with Crippen LogP contribution < -0.4 is 10.1 Å². The molecule has 2 atom stereocenters. The van der Waals surface area contributed by atoms with Crippen molar-refractivity contribution in [3.8, 4) is 5.75 Å². The molecule has 0 heterocycles. The fourth-order valence-corrected chi connectivity index (χ4v) is 2.64. The molecule has 0 aromatic heterocycles. The highest BCUT2D eigenvalue weighted by Crippen LogP contribution is 2.18. The van der Waals surface area contributed by atoms with Crippen molar-refractivity contribution in [2.45, 2.75) is 32.3 Å². The lowest BCUT2D eigenvalue weighted by atomic mass is 9.96. The van der Waals surface area contributed by atoms with E-state index in [9.17, 15) is 9.59 Å². The second-order valence-corrected chi connectivity index (χ2v) is 6.04. The SMILES string of the molecule is CC[C@H](CNC(=O)[C@@H](C)Oc1ccc(C(=O)OC)cc1)c1ccccc1. The van der Waals surface area contributed by atoms with Crippen LogP contribution in [0.5, 0.6) is 5.75 Å². The minimum atomic E-state index is -0.632. The summed E-state index contributed by atoms with van der Waals surface area (Å²) < 4.78 is 10.3. The lowest BCUT2D eigenvalue weighted by Crippen LogP contribution is -2.38. The molecule has 0 saturated heterocycles. The van der Waals surface area contributed by atoms with E-state index in [0.717, 1.165) is 6.42 Å². The molecule has 5 heteroatoms. The Bertz CT molecular complexity index is 713. The first kappa shape index (κ1) is 19.5. The van der Waals surface area contributed by atoms with Gasteiger partial charge in [-0.25, -0.2) is 4.79 Å². The first-order valence-corrected chi connectivity index (χ1v) is 8.72. The number of methoxy groups -OCH3 is 1. The third-order valence-corrected chi connectivity index (χ3v) is 4.24. The van der Waals surface area contributed by atoms with Crippen molar-refractivity contribution in [3.63, 3.8) is 0 Å². The molecule has 1 N–H and O–H groups in total. The van der Waals surface area contributed by atoms with Crippen molar-refractivity contribution in [2.24, 2.45) is 0 Å². The minimum absolute atomic E-state index is 0.170. The Hall–Kier alpha value is -2.82. The van der Waals surface area contributed by atoms with Crippen molar-refractivity contribution in [1.82, 2.24) is 5.32 Å². The van der Waals surface area contributed by atoms with Crippen LogP contribution >= 0.6 is 0 Å². The monoisotopic (exact) mass is 355 g/mol. The van der Waals surface area contributed by atoms with E-state index in [1.165, 1.54) is 12.7 Å². The standard InChI is InChI=1S/C21H25NO4/c1-4-16(17-8-6-5-7-9-17)14-22-20(23)15(2)26-19-12-10-18(11-13-19)21(24)25-3/h5-13,15-16H,4,14H2,1-3H3,(H,22,23)/t15-,16-/m1/s1. The molecule has 5 nitrogen and oxygen atoms in total. The van der Waals surface area contributed by atoms with Gasteiger partial charge in [0, 0.05) is 12.5 Å². The van der Waals surface area contributed by atoms with Gasteiger partial charge in [-0.05, 0) is 43.2 Å². The summed E-state index contributed by atoms with van der Waals surface area (Å²) in [6.07, 6.45) is 0.307. The predicted octanol–water partition coefficient (Wildman–Crippen LogP) is 3.55. The molecule has 138 valence electrons. The molecule has 2 rings (SSSR count). The van der Waals surface area contributed by atoms with Crippen LogP contribution in [-0.2, 0) is 9.53 Å². The van der Waals surface area contributed by atoms with Crippen molar-refractivity contribution >= 4 is 11.9 Å². The van der Waals surface area contributed by atoms with E-state index >= 15 is 0 Å². The van der Waals surface area contributed by atoms with Gasteiger partial charge in [-0.15, -0.1) is 0 Å². The largest absolute Gasteiger partial charge is 0.481 e. The molecular formula is C21H25NO4. The predicted molar refractivity (Wildman–Crippen MR) is 100 cm³/mol. The van der Waals surface area contributed by atoms with E-state index in [1.54, 1.807) is 31.2 Å². The molecule has 0 aliphatic heterocycles. The molecule has 0 radical (unpaired) electrons. The number of esters is 1. The molecule has 1 amide bonds. The number of nitrogens with one attached hydrogen (secondary N) is 1. The summed E-state index contributed by atoms with van der Waals surface area (Å²) >= 11 is 0. The number of amides is 1. The zero-order chi connectivity index (χ0) is 18.9. The average Bonchev–Trinajstić information content (AvgIpc) is 2.69. The van der Waals surface area contributed by atoms with Gasteiger partial charge in [-0.3, -0.25) is 4.79 Å². The van der Waals surface area contributed by atoms with Gasteiger partial charge in [0.25, 0.3) is 5.91 Å². The number of ether oxygens (including phenoxy) is 2. The number of hydrogen-bond donors (Lipinski definition) is 1. The van der Waals surface area contributed by atoms with Gasteiger partial charge in [0.05, 0.1) is 12.7 Å². The second kappa shape index (κ2) is 9.61. The lowest BCUT2D eigenvalue weighted by Gasteiger charge is -2.19. The molecular weight excluding hydrogens is 330 g/mol. The summed E-state index contributed by atoms with van der Waals surface area (Å²) in [5, 5.41) is 2.95. The quantitative estimate of drug-likeness (QED) is 0.736. The van der Waals surface area contributed by atoms with Crippen LogP contribution in [0.25, 0.3) is 0 Å². The summed E-state index contributed by atoms with van der Waals surface area (Å²) in [5.41, 5.74) is 1.65. The molecule has 26 heavy (non-hydrogen) atoms. The smallest absolute Gasteiger partial charge is 0.337 e. The van der Waals surface area contributed by atoms with Gasteiger partial charge in [0.2, 0.25) is 0 Å². The number of carbonyl (C=O) groups excluding carboxylic acids is 2. The fraction of sp³-hybridized carbons (Fsp3) is 0.333. The number of hydrogen-bond acceptors (Lipinski definition) is 4. The van der Waals surface area contributed by atoms with Crippen molar-refractivity contribution in [3.05, 3.63) is 65.7 Å². The fourth-order valence-electron chi connectivity index (χ4n) is 2.64. The summed E-state index contributed by atoms with van der Waals surface area (Å²) in [6.45, 7) is 4.37. The van der Waals surface area contributed by atoms with Crippen LogP contribution in [0, 0.1) is 0 Å². The van der Waals surface area contributed by atoms with Crippen molar-refractivity contribution < 1.29 is 19.1 Å². The van der Waals surface area contributed by atoms with Crippen LogP contribution in [-0.4, -0.2) is 31.6 Å². The molecule has 0 unspecified atom stereocenters. The Labute approximate surface area is 154 Å². The maximum atomic E-state index is 12.3. The Balaban J connectivity index is 1.88. The van der Waals surface area contributed by atoms with Crippen LogP contribution in [0.3, 0.4) is 0 Å². The molecule has 2 aromatic carbocycles. The molecule has 2 aromatic rings. The van der Waals surface area contributed by atoms with Gasteiger partial charge in [0.1, 0.15) is 5.75 Å². The zero-order valence-electron chi connectivity index (χ0n) is 15.4. The van der Waals surface area contributed by atoms with E-state index in [1.807, 2.05) is 18.2 Å². The molecule has 0 spiro atoms. The highest BCUT2D eigenvalue weighted by Gasteiger charge is 2.17. The summed E-state index contributed by atoms with van der Waals surface area (Å²) in [5.74, 6) is 0.215. The van der Waals surface area contributed by atoms with E-state index in [2.05, 4.69) is 29.1 Å². The minimum Gasteiger partial charge on any atom is -0.481 e. The Morgan fingerprint density at radius 1 is 1.04 bits per heavy atom. The Morgan fingerprint density at radius 3 is 2.27 bits per heavy atom. The van der Waals surface area contributed by atoms with Gasteiger partial charge in [0.15, 0.2) is 6.10 Å². The molecule has 0 bridgehead atoms. The molecule has 0 saturated carbocycles. The summed E-state index contributed by atoms with van der Waals surface area (Å²) in [6, 6.07) is 16.6. The molecule has 0 fully saturated rings. The van der Waals surface area contributed by atoms with Gasteiger partial charge < -0.3 is 14.8 Å². The molecule has 0 aliphatic rings. The van der Waals surface area contributed by atoms with Gasteiger partial charge in [-0.2, -0.15) is 0 Å². The average molecular weight is 355 g/mol. The number of benzene rings is 2. The van der Waals surface area contributed by atoms with Crippen molar-refractivity contribution in [2.75, 3.05) is 13.7 Å². The normalized spacial score (nSPS) is 12.7. The van der Waals surface area contributed by atoms with Gasteiger partial charge in [-0.1, -0.05) is 37.3 Å². The van der Waals surface area contributed by atoms with Crippen LogP contribution in [0.15, 0.2) is 54.6 Å². The van der Waals surface area contributed by atoms with E-state index in [4.69, 9.17) is 4.74 Å². The summed E-state index contributed by atoms with van der Waals surface area (Å²) in [4.78, 5) is 23.7. The third-order valence-electron chi connectivity index (χ3n) is 4.24. The summed E-state index contributed by atoms with van der Waals surface area (Å²) in [7, 11) is 1.33. The Kier molecular flexibility index (Phi) is 7.21. The Morgan fingerprint density at radius 2 is 1.69 bits per heavy atom. The van der Waals surface area contributed by atoms with E-state index in [0.29, 0.717) is 17.9 Å². The maximum absolute atomic E-state index is 12.3.